The van der Waals surface area contributed by atoms with E-state index in [-0.39, 0.29) is 18.4 Å². The van der Waals surface area contributed by atoms with E-state index in [2.05, 4.69) is 5.32 Å². The van der Waals surface area contributed by atoms with Crippen molar-refractivity contribution in [1.29, 1.82) is 0 Å². The van der Waals surface area contributed by atoms with Gasteiger partial charge in [0.25, 0.3) is 0 Å². The number of nitrogens with zero attached hydrogens (tertiary/aromatic N) is 1. The minimum absolute atomic E-state index is 0.0973. The van der Waals surface area contributed by atoms with Crippen LogP contribution in [0.5, 0.6) is 0 Å². The van der Waals surface area contributed by atoms with Gasteiger partial charge in [-0.15, -0.1) is 0 Å². The molecule has 0 fully saturated rings. The molecular weight excluding hydrogens is 352 g/mol. The van der Waals surface area contributed by atoms with Gasteiger partial charge >= 0.3 is 5.97 Å². The molecule has 0 spiro atoms. The Hall–Kier alpha value is -2.37. The van der Waals surface area contributed by atoms with Crippen LogP contribution in [-0.2, 0) is 27.3 Å². The molecule has 0 saturated carbocycles. The molecule has 26 heavy (non-hydrogen) atoms. The van der Waals surface area contributed by atoms with E-state index in [4.69, 9.17) is 16.3 Å². The summed E-state index contributed by atoms with van der Waals surface area (Å²) in [7, 11) is 1.37. The SMILES string of the molecule is COC(=O)[C@@H]1Cc2ccccc2CN1CC(=O)Nc1cccc(Cl)c1C. The van der Waals surface area contributed by atoms with Gasteiger partial charge in [0, 0.05) is 17.3 Å². The lowest BCUT2D eigenvalue weighted by Crippen LogP contribution is -2.49. The number of carbonyl (C=O) groups is 2. The average Bonchev–Trinajstić information content (AvgIpc) is 2.64. The molecule has 0 radical (unpaired) electrons. The van der Waals surface area contributed by atoms with Gasteiger partial charge in [-0.3, -0.25) is 14.5 Å². The Morgan fingerprint density at radius 2 is 1.92 bits per heavy atom. The van der Waals surface area contributed by atoms with Gasteiger partial charge in [0.1, 0.15) is 6.04 Å². The fourth-order valence-corrected chi connectivity index (χ4v) is 3.40. The molecule has 2 aromatic carbocycles. The number of halogens is 1. The summed E-state index contributed by atoms with van der Waals surface area (Å²) in [5, 5.41) is 3.48. The average molecular weight is 373 g/mol. The summed E-state index contributed by atoms with van der Waals surface area (Å²) in [5.41, 5.74) is 3.73. The number of benzene rings is 2. The first-order valence-electron chi connectivity index (χ1n) is 8.43. The van der Waals surface area contributed by atoms with Gasteiger partial charge in [-0.05, 0) is 42.2 Å². The predicted octanol–water partition coefficient (Wildman–Crippen LogP) is 3.19. The van der Waals surface area contributed by atoms with Gasteiger partial charge in [0.15, 0.2) is 0 Å². The first-order valence-corrected chi connectivity index (χ1v) is 8.81. The number of carbonyl (C=O) groups excluding carboxylic acids is 2. The van der Waals surface area contributed by atoms with E-state index >= 15 is 0 Å². The van der Waals surface area contributed by atoms with Crippen LogP contribution >= 0.6 is 11.6 Å². The lowest BCUT2D eigenvalue weighted by molar-refractivity contribution is -0.148. The van der Waals surface area contributed by atoms with Crippen LogP contribution in [0.2, 0.25) is 5.02 Å². The topological polar surface area (TPSA) is 58.6 Å². The van der Waals surface area contributed by atoms with Crippen LogP contribution in [-0.4, -0.2) is 36.5 Å². The molecule has 1 aliphatic heterocycles. The fourth-order valence-electron chi connectivity index (χ4n) is 3.23. The Morgan fingerprint density at radius 3 is 2.65 bits per heavy atom. The summed E-state index contributed by atoms with van der Waals surface area (Å²) in [6, 6.07) is 12.9. The summed E-state index contributed by atoms with van der Waals surface area (Å²) < 4.78 is 4.94. The Balaban J connectivity index is 1.76. The summed E-state index contributed by atoms with van der Waals surface area (Å²) in [5.74, 6) is -0.519. The lowest BCUT2D eigenvalue weighted by Gasteiger charge is -2.34. The van der Waals surface area contributed by atoms with Crippen molar-refractivity contribution in [2.75, 3.05) is 19.0 Å². The highest BCUT2D eigenvalue weighted by atomic mass is 35.5. The van der Waals surface area contributed by atoms with E-state index in [0.29, 0.717) is 23.7 Å². The smallest absolute Gasteiger partial charge is 0.323 e. The zero-order chi connectivity index (χ0) is 18.7. The number of ether oxygens (including phenoxy) is 1. The van der Waals surface area contributed by atoms with Crippen LogP contribution in [0.3, 0.4) is 0 Å². The minimum atomic E-state index is -0.471. The van der Waals surface area contributed by atoms with E-state index in [9.17, 15) is 9.59 Å². The third kappa shape index (κ3) is 3.89. The lowest BCUT2D eigenvalue weighted by atomic mass is 9.94. The van der Waals surface area contributed by atoms with Crippen molar-refractivity contribution >= 4 is 29.2 Å². The molecule has 5 nitrogen and oxygen atoms in total. The number of hydrogen-bond donors (Lipinski definition) is 1. The molecule has 1 amide bonds. The summed E-state index contributed by atoms with van der Waals surface area (Å²) in [6.07, 6.45) is 0.534. The molecule has 0 unspecified atom stereocenters. The largest absolute Gasteiger partial charge is 0.468 e. The molecule has 0 saturated heterocycles. The number of esters is 1. The van der Waals surface area contributed by atoms with E-state index in [1.807, 2.05) is 42.2 Å². The van der Waals surface area contributed by atoms with Crippen molar-refractivity contribution in [2.24, 2.45) is 0 Å². The van der Waals surface area contributed by atoms with Crippen LogP contribution in [0.1, 0.15) is 16.7 Å². The van der Waals surface area contributed by atoms with E-state index in [0.717, 1.165) is 16.7 Å². The second-order valence-electron chi connectivity index (χ2n) is 6.38. The Kier molecular flexibility index (Phi) is 5.59. The second-order valence-corrected chi connectivity index (χ2v) is 6.78. The molecule has 2 aromatic rings. The molecule has 1 aliphatic rings. The number of amides is 1. The molecule has 136 valence electrons. The standard InChI is InChI=1S/C20H21ClN2O3/c1-13-16(21)8-5-9-17(13)22-19(24)12-23-11-15-7-4-3-6-14(15)10-18(23)20(25)26-2/h3-9,18H,10-12H2,1-2H3,(H,22,24)/t18-/m0/s1. The minimum Gasteiger partial charge on any atom is -0.468 e. The maximum absolute atomic E-state index is 12.6. The molecule has 1 N–H and O–H groups in total. The summed E-state index contributed by atoms with van der Waals surface area (Å²) >= 11 is 6.11. The van der Waals surface area contributed by atoms with Gasteiger partial charge < -0.3 is 10.1 Å². The normalized spacial score (nSPS) is 16.7. The fraction of sp³-hybridized carbons (Fsp3) is 0.300. The van der Waals surface area contributed by atoms with Crippen LogP contribution in [0.25, 0.3) is 0 Å². The van der Waals surface area contributed by atoms with Gasteiger partial charge in [0.05, 0.1) is 13.7 Å². The maximum Gasteiger partial charge on any atom is 0.323 e. The quantitative estimate of drug-likeness (QED) is 0.837. The number of hydrogen-bond acceptors (Lipinski definition) is 4. The highest BCUT2D eigenvalue weighted by Gasteiger charge is 2.33. The van der Waals surface area contributed by atoms with Crippen LogP contribution in [0.4, 0.5) is 5.69 Å². The van der Waals surface area contributed by atoms with Crippen molar-refractivity contribution in [2.45, 2.75) is 25.9 Å². The summed E-state index contributed by atoms with van der Waals surface area (Å²) in [4.78, 5) is 26.6. The Labute approximate surface area is 157 Å². The maximum atomic E-state index is 12.6. The number of fused-ring (bicyclic) bond motifs is 1. The first-order chi connectivity index (χ1) is 12.5. The zero-order valence-corrected chi connectivity index (χ0v) is 15.5. The second kappa shape index (κ2) is 7.89. The molecule has 3 rings (SSSR count). The zero-order valence-electron chi connectivity index (χ0n) is 14.8. The number of rotatable bonds is 4. The van der Waals surface area contributed by atoms with E-state index in [1.165, 1.54) is 7.11 Å². The van der Waals surface area contributed by atoms with E-state index < -0.39 is 6.04 Å². The molecule has 1 heterocycles. The number of anilines is 1. The third-order valence-corrected chi connectivity index (χ3v) is 5.12. The van der Waals surface area contributed by atoms with Gasteiger partial charge in [-0.2, -0.15) is 0 Å². The molecule has 0 bridgehead atoms. The third-order valence-electron chi connectivity index (χ3n) is 4.71. The molecule has 0 aromatic heterocycles. The molecule has 6 heteroatoms. The van der Waals surface area contributed by atoms with Gasteiger partial charge in [0.2, 0.25) is 5.91 Å². The molecular formula is C20H21ClN2O3. The summed E-state index contributed by atoms with van der Waals surface area (Å²) in [6.45, 7) is 2.48. The van der Waals surface area contributed by atoms with Crippen molar-refractivity contribution in [3.63, 3.8) is 0 Å². The van der Waals surface area contributed by atoms with Crippen molar-refractivity contribution in [3.8, 4) is 0 Å². The van der Waals surface area contributed by atoms with Crippen LogP contribution in [0.15, 0.2) is 42.5 Å². The van der Waals surface area contributed by atoms with Crippen LogP contribution in [0, 0.1) is 6.92 Å². The molecule has 1 atom stereocenters. The number of nitrogens with one attached hydrogen (secondary N) is 1. The Bertz CT molecular complexity index is 838. The van der Waals surface area contributed by atoms with Crippen LogP contribution < -0.4 is 5.32 Å². The van der Waals surface area contributed by atoms with Crippen molar-refractivity contribution in [1.82, 2.24) is 4.90 Å². The Morgan fingerprint density at radius 1 is 1.19 bits per heavy atom. The van der Waals surface area contributed by atoms with Crippen molar-refractivity contribution in [3.05, 3.63) is 64.2 Å². The van der Waals surface area contributed by atoms with Gasteiger partial charge in [-0.25, -0.2) is 0 Å². The monoisotopic (exact) mass is 372 g/mol. The number of methoxy groups -OCH3 is 1. The highest BCUT2D eigenvalue weighted by Crippen LogP contribution is 2.25. The predicted molar refractivity (Wildman–Crippen MR) is 101 cm³/mol. The first kappa shape index (κ1) is 18.4. The van der Waals surface area contributed by atoms with Gasteiger partial charge in [-0.1, -0.05) is 41.9 Å². The van der Waals surface area contributed by atoms with E-state index in [1.54, 1.807) is 12.1 Å². The van der Waals surface area contributed by atoms with Crippen molar-refractivity contribution < 1.29 is 14.3 Å². The molecule has 0 aliphatic carbocycles. The highest BCUT2D eigenvalue weighted by molar-refractivity contribution is 6.31.